The lowest BCUT2D eigenvalue weighted by molar-refractivity contribution is 0.299. The average molecular weight is 179 g/mol. The molecular weight excluding hydrogens is 158 g/mol. The molecule has 0 aliphatic rings. The fraction of sp³-hybridized carbons (Fsp3) is 0.583. The molecule has 0 aromatic heterocycles. The highest BCUT2D eigenvalue weighted by Gasteiger charge is 2.22. The molecule has 13 heavy (non-hydrogen) atoms. The monoisotopic (exact) mass is 179 g/mol. The first kappa shape index (κ1) is 12.2. The lowest BCUT2D eigenvalue weighted by atomic mass is 9.80. The molecular formula is C12H21N. The van der Waals surface area contributed by atoms with Crippen molar-refractivity contribution in [3.63, 3.8) is 0 Å². The molecule has 0 spiro atoms. The molecule has 1 unspecified atom stereocenters. The fourth-order valence-electron chi connectivity index (χ4n) is 0.869. The van der Waals surface area contributed by atoms with Crippen molar-refractivity contribution in [3.05, 3.63) is 24.9 Å². The summed E-state index contributed by atoms with van der Waals surface area (Å²) in [5.41, 5.74) is 2.09. The smallest absolute Gasteiger partial charge is 0.0369 e. The molecule has 0 bridgehead atoms. The van der Waals surface area contributed by atoms with Gasteiger partial charge >= 0.3 is 0 Å². The second kappa shape index (κ2) is 4.40. The van der Waals surface area contributed by atoms with Crippen molar-refractivity contribution in [2.24, 2.45) is 16.3 Å². The zero-order chi connectivity index (χ0) is 10.6. The zero-order valence-corrected chi connectivity index (χ0v) is 9.52. The van der Waals surface area contributed by atoms with Gasteiger partial charge in [0, 0.05) is 17.3 Å². The first-order valence-electron chi connectivity index (χ1n) is 4.65. The highest BCUT2D eigenvalue weighted by Crippen LogP contribution is 2.31. The third kappa shape index (κ3) is 4.07. The third-order valence-corrected chi connectivity index (χ3v) is 2.41. The van der Waals surface area contributed by atoms with E-state index < -0.39 is 0 Å². The second-order valence-corrected chi connectivity index (χ2v) is 4.54. The highest BCUT2D eigenvalue weighted by atomic mass is 14.8. The van der Waals surface area contributed by atoms with E-state index in [0.29, 0.717) is 5.92 Å². The maximum absolute atomic E-state index is 4.37. The van der Waals surface area contributed by atoms with Crippen LogP contribution >= 0.6 is 0 Å². The molecule has 1 heteroatoms. The van der Waals surface area contributed by atoms with Gasteiger partial charge in [0.2, 0.25) is 0 Å². The second-order valence-electron chi connectivity index (χ2n) is 4.54. The summed E-state index contributed by atoms with van der Waals surface area (Å²) in [6.07, 6.45) is 1.75. The van der Waals surface area contributed by atoms with E-state index in [1.165, 1.54) is 0 Å². The average Bonchev–Trinajstić information content (AvgIpc) is 2.01. The van der Waals surface area contributed by atoms with Crippen molar-refractivity contribution < 1.29 is 0 Å². The molecule has 0 rings (SSSR count). The van der Waals surface area contributed by atoms with Crippen LogP contribution in [0, 0.1) is 11.3 Å². The zero-order valence-electron chi connectivity index (χ0n) is 9.52. The van der Waals surface area contributed by atoms with Crippen LogP contribution in [0.2, 0.25) is 0 Å². The van der Waals surface area contributed by atoms with Crippen LogP contribution in [-0.4, -0.2) is 5.71 Å². The number of allylic oxidation sites excluding steroid dienone is 2. The van der Waals surface area contributed by atoms with Gasteiger partial charge in [0.1, 0.15) is 0 Å². The quantitative estimate of drug-likeness (QED) is 0.584. The summed E-state index contributed by atoms with van der Waals surface area (Å²) in [5.74, 6) is 0.391. The number of hydrogen-bond acceptors (Lipinski definition) is 1. The Kier molecular flexibility index (Phi) is 4.12. The number of aliphatic imine (C=N–C) groups is 1. The molecule has 0 aromatic carbocycles. The molecule has 0 saturated carbocycles. The Bertz CT molecular complexity index is 228. The molecule has 1 atom stereocenters. The van der Waals surface area contributed by atoms with Gasteiger partial charge in [0.25, 0.3) is 0 Å². The van der Waals surface area contributed by atoms with Crippen LogP contribution in [0.4, 0.5) is 0 Å². The van der Waals surface area contributed by atoms with Crippen LogP contribution in [0.3, 0.4) is 0 Å². The summed E-state index contributed by atoms with van der Waals surface area (Å²) in [4.78, 5) is 4.37. The molecule has 0 aliphatic carbocycles. The van der Waals surface area contributed by atoms with E-state index in [0.717, 1.165) is 11.4 Å². The minimum atomic E-state index is 0.224. The molecule has 0 fully saturated rings. The van der Waals surface area contributed by atoms with Crippen molar-refractivity contribution in [3.8, 4) is 0 Å². The van der Waals surface area contributed by atoms with Crippen molar-refractivity contribution in [2.75, 3.05) is 0 Å². The summed E-state index contributed by atoms with van der Waals surface area (Å²) in [6, 6.07) is 0. The Morgan fingerprint density at radius 3 is 2.15 bits per heavy atom. The van der Waals surface area contributed by atoms with E-state index in [-0.39, 0.29) is 5.41 Å². The predicted molar refractivity (Wildman–Crippen MR) is 61.1 cm³/mol. The molecule has 0 aromatic rings. The van der Waals surface area contributed by atoms with Crippen LogP contribution in [-0.2, 0) is 0 Å². The van der Waals surface area contributed by atoms with Crippen molar-refractivity contribution >= 4 is 5.71 Å². The SMILES string of the molecule is C=C/C(C)=N\C(=C)C(C)C(C)(C)C. The molecule has 0 heterocycles. The molecule has 1 nitrogen and oxygen atoms in total. The predicted octanol–water partition coefficient (Wildman–Crippen LogP) is 3.83. The molecule has 0 saturated heterocycles. The lowest BCUT2D eigenvalue weighted by Crippen LogP contribution is -2.18. The summed E-state index contributed by atoms with van der Waals surface area (Å²) >= 11 is 0. The first-order chi connectivity index (χ1) is 5.79. The lowest BCUT2D eigenvalue weighted by Gasteiger charge is -2.27. The van der Waals surface area contributed by atoms with E-state index in [1.807, 2.05) is 6.92 Å². The molecule has 0 amide bonds. The Morgan fingerprint density at radius 2 is 1.85 bits per heavy atom. The van der Waals surface area contributed by atoms with Gasteiger partial charge in [-0.25, -0.2) is 0 Å². The van der Waals surface area contributed by atoms with Gasteiger partial charge < -0.3 is 0 Å². The van der Waals surface area contributed by atoms with Crippen LogP contribution in [0.5, 0.6) is 0 Å². The standard InChI is InChI=1S/C12H21N/c1-8-9(2)13-11(4)10(3)12(5,6)7/h8,10H,1,4H2,2-3,5-7H3/b13-9-. The van der Waals surface area contributed by atoms with Gasteiger partial charge in [0.15, 0.2) is 0 Å². The van der Waals surface area contributed by atoms with Crippen molar-refractivity contribution in [2.45, 2.75) is 34.6 Å². The van der Waals surface area contributed by atoms with Crippen LogP contribution in [0.25, 0.3) is 0 Å². The Morgan fingerprint density at radius 1 is 1.38 bits per heavy atom. The van der Waals surface area contributed by atoms with E-state index in [4.69, 9.17) is 0 Å². The normalized spacial score (nSPS) is 15.3. The largest absolute Gasteiger partial charge is 0.259 e. The van der Waals surface area contributed by atoms with Gasteiger partial charge in [-0.05, 0) is 18.4 Å². The van der Waals surface area contributed by atoms with Gasteiger partial charge in [-0.15, -0.1) is 0 Å². The summed E-state index contributed by atoms with van der Waals surface area (Å²) in [5, 5.41) is 0. The van der Waals surface area contributed by atoms with Gasteiger partial charge in [0.05, 0.1) is 0 Å². The highest BCUT2D eigenvalue weighted by molar-refractivity contribution is 5.92. The summed E-state index contributed by atoms with van der Waals surface area (Å²) in [7, 11) is 0. The maximum Gasteiger partial charge on any atom is 0.0369 e. The molecule has 0 N–H and O–H groups in total. The summed E-state index contributed by atoms with van der Waals surface area (Å²) < 4.78 is 0. The molecule has 0 aliphatic heterocycles. The van der Waals surface area contributed by atoms with E-state index >= 15 is 0 Å². The van der Waals surface area contributed by atoms with Crippen LogP contribution in [0.15, 0.2) is 29.9 Å². The topological polar surface area (TPSA) is 12.4 Å². The number of hydrogen-bond donors (Lipinski definition) is 0. The molecule has 0 radical (unpaired) electrons. The summed E-state index contributed by atoms with van der Waals surface area (Å²) in [6.45, 7) is 18.3. The van der Waals surface area contributed by atoms with Gasteiger partial charge in [-0.2, -0.15) is 0 Å². The third-order valence-electron chi connectivity index (χ3n) is 2.41. The van der Waals surface area contributed by atoms with Crippen LogP contribution in [0.1, 0.15) is 34.6 Å². The van der Waals surface area contributed by atoms with Gasteiger partial charge in [-0.1, -0.05) is 40.9 Å². The Balaban J connectivity index is 4.54. The Hall–Kier alpha value is -0.850. The fourth-order valence-corrected chi connectivity index (χ4v) is 0.869. The Labute approximate surface area is 82.3 Å². The minimum absolute atomic E-state index is 0.224. The van der Waals surface area contributed by atoms with Crippen molar-refractivity contribution in [1.29, 1.82) is 0 Å². The minimum Gasteiger partial charge on any atom is -0.259 e. The first-order valence-corrected chi connectivity index (χ1v) is 4.65. The number of rotatable bonds is 3. The molecule has 74 valence electrons. The van der Waals surface area contributed by atoms with E-state index in [2.05, 4.69) is 45.8 Å². The van der Waals surface area contributed by atoms with E-state index in [9.17, 15) is 0 Å². The van der Waals surface area contributed by atoms with Gasteiger partial charge in [-0.3, -0.25) is 4.99 Å². The van der Waals surface area contributed by atoms with Crippen molar-refractivity contribution in [1.82, 2.24) is 0 Å². The van der Waals surface area contributed by atoms with E-state index in [1.54, 1.807) is 6.08 Å². The number of nitrogens with zero attached hydrogens (tertiary/aromatic N) is 1. The maximum atomic E-state index is 4.37. The van der Waals surface area contributed by atoms with Crippen LogP contribution < -0.4 is 0 Å².